The molecule has 0 saturated carbocycles. The van der Waals surface area contributed by atoms with Gasteiger partial charge in [0, 0.05) is 5.56 Å². The maximum absolute atomic E-state index is 9.84. The lowest BCUT2D eigenvalue weighted by Crippen LogP contribution is -2.47. The molecule has 5 heteroatoms. The third-order valence-corrected chi connectivity index (χ3v) is 3.90. The SMILES string of the molecule is C=C[C@@H](O)[C@H](CO)O[C@@H]1COC(c2ccccc2)O[C@H]1CC(=C)C. The fourth-order valence-electron chi connectivity index (χ4n) is 2.62. The molecule has 0 radical (unpaired) electrons. The molecule has 2 N–H and O–H groups in total. The Morgan fingerprint density at radius 1 is 1.42 bits per heavy atom. The van der Waals surface area contributed by atoms with E-state index in [2.05, 4.69) is 13.2 Å². The first-order valence-electron chi connectivity index (χ1n) is 8.08. The molecule has 0 bridgehead atoms. The van der Waals surface area contributed by atoms with E-state index in [0.717, 1.165) is 11.1 Å². The first kappa shape index (κ1) is 18.8. The zero-order valence-electron chi connectivity index (χ0n) is 14.0. The van der Waals surface area contributed by atoms with E-state index in [1.165, 1.54) is 6.08 Å². The topological polar surface area (TPSA) is 68.2 Å². The van der Waals surface area contributed by atoms with Gasteiger partial charge in [-0.2, -0.15) is 0 Å². The van der Waals surface area contributed by atoms with Gasteiger partial charge in [-0.25, -0.2) is 0 Å². The normalized spacial score (nSPS) is 26.5. The largest absolute Gasteiger partial charge is 0.394 e. The van der Waals surface area contributed by atoms with Crippen molar-refractivity contribution in [3.05, 3.63) is 60.7 Å². The van der Waals surface area contributed by atoms with Crippen LogP contribution in [0, 0.1) is 0 Å². The summed E-state index contributed by atoms with van der Waals surface area (Å²) >= 11 is 0. The van der Waals surface area contributed by atoms with Crippen LogP contribution in [0.25, 0.3) is 0 Å². The second-order valence-corrected chi connectivity index (χ2v) is 6.03. The highest BCUT2D eigenvalue weighted by Crippen LogP contribution is 2.31. The van der Waals surface area contributed by atoms with Gasteiger partial charge in [-0.15, -0.1) is 13.2 Å². The Kier molecular flexibility index (Phi) is 7.15. The Hall–Kier alpha value is -1.50. The minimum Gasteiger partial charge on any atom is -0.394 e. The first-order chi connectivity index (χ1) is 11.5. The summed E-state index contributed by atoms with van der Waals surface area (Å²) in [5.41, 5.74) is 1.90. The molecule has 1 aliphatic heterocycles. The quantitative estimate of drug-likeness (QED) is 0.714. The summed E-state index contributed by atoms with van der Waals surface area (Å²) in [6, 6.07) is 9.69. The number of hydrogen-bond acceptors (Lipinski definition) is 5. The Bertz CT molecular complexity index is 530. The van der Waals surface area contributed by atoms with Crippen LogP contribution in [-0.4, -0.2) is 47.8 Å². The molecule has 1 saturated heterocycles. The van der Waals surface area contributed by atoms with E-state index in [4.69, 9.17) is 14.2 Å². The molecule has 5 nitrogen and oxygen atoms in total. The van der Waals surface area contributed by atoms with Gasteiger partial charge in [0.05, 0.1) is 19.3 Å². The molecule has 0 aliphatic carbocycles. The predicted molar refractivity (Wildman–Crippen MR) is 91.4 cm³/mol. The molecule has 5 atom stereocenters. The van der Waals surface area contributed by atoms with Gasteiger partial charge in [0.25, 0.3) is 0 Å². The van der Waals surface area contributed by atoms with Crippen molar-refractivity contribution in [3.63, 3.8) is 0 Å². The highest BCUT2D eigenvalue weighted by atomic mass is 16.7. The van der Waals surface area contributed by atoms with Gasteiger partial charge >= 0.3 is 0 Å². The molecule has 0 amide bonds. The second kappa shape index (κ2) is 9.11. The van der Waals surface area contributed by atoms with Crippen molar-refractivity contribution < 1.29 is 24.4 Å². The molecule has 132 valence electrons. The third kappa shape index (κ3) is 5.00. The fraction of sp³-hybridized carbons (Fsp3) is 0.474. The van der Waals surface area contributed by atoms with Crippen molar-refractivity contribution in [1.29, 1.82) is 0 Å². The lowest BCUT2D eigenvalue weighted by Gasteiger charge is -2.38. The summed E-state index contributed by atoms with van der Waals surface area (Å²) in [4.78, 5) is 0. The Morgan fingerprint density at radius 3 is 2.71 bits per heavy atom. The van der Waals surface area contributed by atoms with Gasteiger partial charge in [0.15, 0.2) is 6.29 Å². The van der Waals surface area contributed by atoms with Crippen molar-refractivity contribution in [2.75, 3.05) is 13.2 Å². The molecule has 24 heavy (non-hydrogen) atoms. The molecule has 1 aromatic rings. The van der Waals surface area contributed by atoms with Gasteiger partial charge in [-0.05, 0) is 13.3 Å². The second-order valence-electron chi connectivity index (χ2n) is 6.03. The highest BCUT2D eigenvalue weighted by molar-refractivity contribution is 5.16. The van der Waals surface area contributed by atoms with Gasteiger partial charge in [-0.1, -0.05) is 42.0 Å². The summed E-state index contributed by atoms with van der Waals surface area (Å²) in [7, 11) is 0. The van der Waals surface area contributed by atoms with Crippen LogP contribution >= 0.6 is 0 Å². The van der Waals surface area contributed by atoms with Crippen LogP contribution in [0.4, 0.5) is 0 Å². The molecule has 1 unspecified atom stereocenters. The highest BCUT2D eigenvalue weighted by Gasteiger charge is 2.35. The maximum Gasteiger partial charge on any atom is 0.184 e. The van der Waals surface area contributed by atoms with E-state index < -0.39 is 24.6 Å². The van der Waals surface area contributed by atoms with E-state index >= 15 is 0 Å². The molecule has 0 spiro atoms. The number of ether oxygens (including phenoxy) is 3. The molecular weight excluding hydrogens is 308 g/mol. The number of hydrogen-bond donors (Lipinski definition) is 2. The number of benzene rings is 1. The predicted octanol–water partition coefficient (Wildman–Crippen LogP) is 2.36. The monoisotopic (exact) mass is 334 g/mol. The van der Waals surface area contributed by atoms with Crippen LogP contribution in [0.5, 0.6) is 0 Å². The lowest BCUT2D eigenvalue weighted by molar-refractivity contribution is -0.277. The van der Waals surface area contributed by atoms with Crippen molar-refractivity contribution in [3.8, 4) is 0 Å². The average molecular weight is 334 g/mol. The number of rotatable bonds is 8. The van der Waals surface area contributed by atoms with Gasteiger partial charge in [-0.3, -0.25) is 0 Å². The Morgan fingerprint density at radius 2 is 2.12 bits per heavy atom. The summed E-state index contributed by atoms with van der Waals surface area (Å²) in [6.45, 7) is 9.38. The van der Waals surface area contributed by atoms with Crippen LogP contribution in [0.1, 0.15) is 25.2 Å². The summed E-state index contributed by atoms with van der Waals surface area (Å²) < 4.78 is 17.7. The molecule has 0 aromatic heterocycles. The summed E-state index contributed by atoms with van der Waals surface area (Å²) in [5.74, 6) is 0. The van der Waals surface area contributed by atoms with E-state index in [0.29, 0.717) is 13.0 Å². The summed E-state index contributed by atoms with van der Waals surface area (Å²) in [5, 5.41) is 19.3. The number of aliphatic hydroxyl groups excluding tert-OH is 2. The van der Waals surface area contributed by atoms with E-state index in [9.17, 15) is 10.2 Å². The average Bonchev–Trinajstić information content (AvgIpc) is 2.60. The summed E-state index contributed by atoms with van der Waals surface area (Å²) in [6.07, 6.45) is -0.910. The Labute approximate surface area is 143 Å². The third-order valence-electron chi connectivity index (χ3n) is 3.90. The van der Waals surface area contributed by atoms with Crippen LogP contribution in [-0.2, 0) is 14.2 Å². The van der Waals surface area contributed by atoms with Gasteiger partial charge in [0.2, 0.25) is 0 Å². The standard InChI is InChI=1S/C19H26O5/c1-4-15(21)17(11-20)23-18-12-22-19(14-8-6-5-7-9-14)24-16(18)10-13(2)3/h4-9,15-21H,1-2,10-12H2,3H3/t15-,16+,17+,18-,19?/m1/s1. The van der Waals surface area contributed by atoms with E-state index in [-0.39, 0.29) is 12.7 Å². The first-order valence-corrected chi connectivity index (χ1v) is 8.08. The van der Waals surface area contributed by atoms with E-state index in [1.807, 2.05) is 37.3 Å². The van der Waals surface area contributed by atoms with Crippen LogP contribution in [0.3, 0.4) is 0 Å². The van der Waals surface area contributed by atoms with E-state index in [1.54, 1.807) is 0 Å². The van der Waals surface area contributed by atoms with Crippen molar-refractivity contribution in [1.82, 2.24) is 0 Å². The van der Waals surface area contributed by atoms with Crippen molar-refractivity contribution in [2.45, 2.75) is 44.1 Å². The smallest absolute Gasteiger partial charge is 0.184 e. The lowest BCUT2D eigenvalue weighted by atomic mass is 10.0. The molecule has 1 aromatic carbocycles. The molecule has 1 fully saturated rings. The van der Waals surface area contributed by atoms with Crippen molar-refractivity contribution >= 4 is 0 Å². The Balaban J connectivity index is 2.08. The van der Waals surface area contributed by atoms with Crippen molar-refractivity contribution in [2.24, 2.45) is 0 Å². The zero-order valence-corrected chi connectivity index (χ0v) is 14.0. The van der Waals surface area contributed by atoms with Gasteiger partial charge < -0.3 is 24.4 Å². The minimum absolute atomic E-state index is 0.271. The number of aliphatic hydroxyl groups is 2. The van der Waals surface area contributed by atoms with Crippen LogP contribution in [0.2, 0.25) is 0 Å². The molecular formula is C19H26O5. The molecule has 1 heterocycles. The zero-order chi connectivity index (χ0) is 17.5. The molecule has 2 rings (SSSR count). The molecule has 1 aliphatic rings. The minimum atomic E-state index is -0.952. The van der Waals surface area contributed by atoms with Gasteiger partial charge in [0.1, 0.15) is 18.3 Å². The van der Waals surface area contributed by atoms with Crippen LogP contribution < -0.4 is 0 Å². The fourth-order valence-corrected chi connectivity index (χ4v) is 2.62. The maximum atomic E-state index is 9.84. The van der Waals surface area contributed by atoms with Crippen LogP contribution in [0.15, 0.2) is 55.1 Å².